The smallest absolute Gasteiger partial charge is 0.345 e. The molecule has 2 aromatic rings. The Morgan fingerprint density at radius 2 is 2.23 bits per heavy atom. The first-order valence-corrected chi connectivity index (χ1v) is 9.14. The van der Waals surface area contributed by atoms with E-state index in [1.807, 2.05) is 17.4 Å². The number of carboxylic acids is 1. The van der Waals surface area contributed by atoms with Gasteiger partial charge in [-0.3, -0.25) is 4.90 Å². The standard InChI is InChI=1S/C16H20N2O2S2/c1-10-11(2)21-15(17-10)12-4-3-7-18(8-12)9-13-5-6-14(22-13)16(19)20/h5-6,12H,3-4,7-9H2,1-2H3,(H,19,20). The second-order valence-corrected chi connectivity index (χ2v) is 8.24. The van der Waals surface area contributed by atoms with E-state index in [9.17, 15) is 4.79 Å². The average molecular weight is 336 g/mol. The first kappa shape index (κ1) is 15.6. The van der Waals surface area contributed by atoms with Crippen LogP contribution in [0.2, 0.25) is 0 Å². The molecule has 0 spiro atoms. The Kier molecular flexibility index (Phi) is 4.61. The highest BCUT2D eigenvalue weighted by Gasteiger charge is 2.24. The van der Waals surface area contributed by atoms with Crippen LogP contribution in [0.4, 0.5) is 0 Å². The normalized spacial score (nSPS) is 19.5. The molecule has 1 atom stereocenters. The predicted octanol–water partition coefficient (Wildman–Crippen LogP) is 3.90. The largest absolute Gasteiger partial charge is 0.477 e. The zero-order chi connectivity index (χ0) is 15.7. The molecule has 4 nitrogen and oxygen atoms in total. The minimum Gasteiger partial charge on any atom is -0.477 e. The Morgan fingerprint density at radius 3 is 2.86 bits per heavy atom. The second kappa shape index (κ2) is 6.48. The van der Waals surface area contributed by atoms with E-state index in [0.29, 0.717) is 10.8 Å². The third-order valence-corrected chi connectivity index (χ3v) is 6.45. The van der Waals surface area contributed by atoms with Gasteiger partial charge in [0.1, 0.15) is 4.88 Å². The van der Waals surface area contributed by atoms with E-state index in [4.69, 9.17) is 10.1 Å². The molecule has 0 saturated carbocycles. The summed E-state index contributed by atoms with van der Waals surface area (Å²) in [4.78, 5) is 21.0. The number of carboxylic acid groups (broad SMARTS) is 1. The first-order valence-electron chi connectivity index (χ1n) is 7.51. The molecule has 0 amide bonds. The fourth-order valence-corrected chi connectivity index (χ4v) is 4.81. The van der Waals surface area contributed by atoms with Gasteiger partial charge >= 0.3 is 5.97 Å². The fourth-order valence-electron chi connectivity index (χ4n) is 2.87. The molecule has 0 aromatic carbocycles. The van der Waals surface area contributed by atoms with Gasteiger partial charge in [0.25, 0.3) is 0 Å². The van der Waals surface area contributed by atoms with Crippen molar-refractivity contribution >= 4 is 28.6 Å². The van der Waals surface area contributed by atoms with Gasteiger partial charge in [-0.1, -0.05) is 0 Å². The van der Waals surface area contributed by atoms with Crippen LogP contribution < -0.4 is 0 Å². The molecule has 6 heteroatoms. The van der Waals surface area contributed by atoms with Crippen LogP contribution in [0.5, 0.6) is 0 Å². The van der Waals surface area contributed by atoms with Crippen molar-refractivity contribution in [1.29, 1.82) is 0 Å². The van der Waals surface area contributed by atoms with Gasteiger partial charge < -0.3 is 5.11 Å². The van der Waals surface area contributed by atoms with Crippen molar-refractivity contribution < 1.29 is 9.90 Å². The molecule has 3 rings (SSSR count). The van der Waals surface area contributed by atoms with E-state index in [1.54, 1.807) is 6.07 Å². The van der Waals surface area contributed by atoms with Crippen molar-refractivity contribution in [3.05, 3.63) is 37.5 Å². The lowest BCUT2D eigenvalue weighted by atomic mass is 9.99. The van der Waals surface area contributed by atoms with Crippen LogP contribution in [0.15, 0.2) is 12.1 Å². The number of hydrogen-bond acceptors (Lipinski definition) is 5. The van der Waals surface area contributed by atoms with Gasteiger partial charge in [-0.05, 0) is 45.4 Å². The maximum Gasteiger partial charge on any atom is 0.345 e. The summed E-state index contributed by atoms with van der Waals surface area (Å²) in [5.41, 5.74) is 1.15. The van der Waals surface area contributed by atoms with Crippen LogP contribution in [0.1, 0.15) is 48.9 Å². The van der Waals surface area contributed by atoms with Crippen LogP contribution in [0, 0.1) is 13.8 Å². The molecule has 0 bridgehead atoms. The van der Waals surface area contributed by atoms with Crippen molar-refractivity contribution in [2.24, 2.45) is 0 Å². The Morgan fingerprint density at radius 1 is 1.41 bits per heavy atom. The number of thiophene rings is 1. The molecule has 2 aromatic heterocycles. The van der Waals surface area contributed by atoms with Gasteiger partial charge in [0, 0.05) is 28.8 Å². The Labute approximate surface area is 138 Å². The molecular weight excluding hydrogens is 316 g/mol. The Hall–Kier alpha value is -1.24. The Bertz CT molecular complexity index is 658. The summed E-state index contributed by atoms with van der Waals surface area (Å²) in [6.07, 6.45) is 2.38. The third-order valence-electron chi connectivity index (χ3n) is 4.15. The lowest BCUT2D eigenvalue weighted by Crippen LogP contribution is -2.33. The first-order chi connectivity index (χ1) is 10.5. The van der Waals surface area contributed by atoms with E-state index >= 15 is 0 Å². The summed E-state index contributed by atoms with van der Waals surface area (Å²) in [5, 5.41) is 10.3. The molecule has 3 heterocycles. The SMILES string of the molecule is Cc1nc(C2CCCN(Cc3ccc(C(=O)O)s3)C2)sc1C. The van der Waals surface area contributed by atoms with E-state index in [2.05, 4.69) is 18.7 Å². The van der Waals surface area contributed by atoms with Gasteiger partial charge in [0.2, 0.25) is 0 Å². The maximum atomic E-state index is 11.0. The van der Waals surface area contributed by atoms with Crippen molar-refractivity contribution in [2.45, 2.75) is 39.2 Å². The quantitative estimate of drug-likeness (QED) is 0.920. The number of rotatable bonds is 4. The monoisotopic (exact) mass is 336 g/mol. The van der Waals surface area contributed by atoms with E-state index in [1.165, 1.54) is 34.1 Å². The van der Waals surface area contributed by atoms with Gasteiger partial charge in [0.15, 0.2) is 0 Å². The number of aryl methyl sites for hydroxylation is 2. The van der Waals surface area contributed by atoms with E-state index < -0.39 is 5.97 Å². The molecule has 1 aliphatic rings. The summed E-state index contributed by atoms with van der Waals surface area (Å²) < 4.78 is 0. The highest BCUT2D eigenvalue weighted by Crippen LogP contribution is 2.32. The molecule has 22 heavy (non-hydrogen) atoms. The summed E-state index contributed by atoms with van der Waals surface area (Å²) in [7, 11) is 0. The number of likely N-dealkylation sites (tertiary alicyclic amines) is 1. The minimum absolute atomic E-state index is 0.426. The third kappa shape index (κ3) is 3.39. The van der Waals surface area contributed by atoms with Crippen LogP contribution in [0.3, 0.4) is 0 Å². The minimum atomic E-state index is -0.832. The number of carbonyl (C=O) groups is 1. The average Bonchev–Trinajstić information content (AvgIpc) is 3.07. The molecule has 1 aliphatic heterocycles. The number of aromatic carboxylic acids is 1. The van der Waals surface area contributed by atoms with Gasteiger partial charge in [-0.2, -0.15) is 0 Å². The topological polar surface area (TPSA) is 53.4 Å². The van der Waals surface area contributed by atoms with Crippen LogP contribution in [0.25, 0.3) is 0 Å². The number of hydrogen-bond donors (Lipinski definition) is 1. The predicted molar refractivity (Wildman–Crippen MR) is 90.1 cm³/mol. The zero-order valence-electron chi connectivity index (χ0n) is 12.8. The van der Waals surface area contributed by atoms with E-state index in [0.717, 1.165) is 30.2 Å². The fraction of sp³-hybridized carbons (Fsp3) is 0.500. The van der Waals surface area contributed by atoms with Gasteiger partial charge in [0.05, 0.1) is 10.7 Å². The van der Waals surface area contributed by atoms with Gasteiger partial charge in [-0.15, -0.1) is 22.7 Å². The highest BCUT2D eigenvalue weighted by atomic mass is 32.1. The lowest BCUT2D eigenvalue weighted by molar-refractivity contribution is 0.0702. The molecule has 118 valence electrons. The molecule has 1 saturated heterocycles. The van der Waals surface area contributed by atoms with Gasteiger partial charge in [-0.25, -0.2) is 9.78 Å². The number of aromatic nitrogens is 1. The summed E-state index contributed by atoms with van der Waals surface area (Å²) >= 11 is 3.21. The summed E-state index contributed by atoms with van der Waals surface area (Å²) in [6.45, 7) is 7.16. The molecule has 0 radical (unpaired) electrons. The van der Waals surface area contributed by atoms with Crippen molar-refractivity contribution in [2.75, 3.05) is 13.1 Å². The van der Waals surface area contributed by atoms with Crippen LogP contribution in [-0.2, 0) is 6.54 Å². The van der Waals surface area contributed by atoms with Crippen molar-refractivity contribution in [3.8, 4) is 0 Å². The molecule has 1 fully saturated rings. The van der Waals surface area contributed by atoms with E-state index in [-0.39, 0.29) is 0 Å². The number of thiazole rings is 1. The number of piperidine rings is 1. The summed E-state index contributed by atoms with van der Waals surface area (Å²) in [6, 6.07) is 3.65. The van der Waals surface area contributed by atoms with Crippen molar-refractivity contribution in [1.82, 2.24) is 9.88 Å². The zero-order valence-corrected chi connectivity index (χ0v) is 14.5. The summed E-state index contributed by atoms with van der Waals surface area (Å²) in [5.74, 6) is -0.313. The van der Waals surface area contributed by atoms with Crippen molar-refractivity contribution in [3.63, 3.8) is 0 Å². The number of nitrogens with zero attached hydrogens (tertiary/aromatic N) is 2. The Balaban J connectivity index is 1.66. The maximum absolute atomic E-state index is 11.0. The lowest BCUT2D eigenvalue weighted by Gasteiger charge is -2.31. The molecular formula is C16H20N2O2S2. The highest BCUT2D eigenvalue weighted by molar-refractivity contribution is 7.13. The molecule has 1 unspecified atom stereocenters. The van der Waals surface area contributed by atoms with Crippen LogP contribution in [-0.4, -0.2) is 34.0 Å². The van der Waals surface area contributed by atoms with Crippen LogP contribution >= 0.6 is 22.7 Å². The molecule has 1 N–H and O–H groups in total. The molecule has 0 aliphatic carbocycles. The second-order valence-electron chi connectivity index (χ2n) is 5.84.